The minimum Gasteiger partial charge on any atom is -0.358 e. The highest BCUT2D eigenvalue weighted by atomic mass is 32.1. The third kappa shape index (κ3) is 3.75. The summed E-state index contributed by atoms with van der Waals surface area (Å²) in [5, 5.41) is 13.4. The van der Waals surface area contributed by atoms with Crippen LogP contribution in [-0.4, -0.2) is 35.7 Å². The van der Waals surface area contributed by atoms with E-state index in [0.717, 1.165) is 16.7 Å². The molecule has 0 aliphatic carbocycles. The Kier molecular flexibility index (Phi) is 4.50. The smallest absolute Gasteiger partial charge is 0.205 e. The van der Waals surface area contributed by atoms with Gasteiger partial charge in [-0.3, -0.25) is 0 Å². The lowest BCUT2D eigenvalue weighted by Gasteiger charge is -2.25. The van der Waals surface area contributed by atoms with Crippen molar-refractivity contribution in [3.63, 3.8) is 0 Å². The molecule has 4 nitrogen and oxygen atoms in total. The summed E-state index contributed by atoms with van der Waals surface area (Å²) in [7, 11) is 4.19. The molecule has 19 heavy (non-hydrogen) atoms. The van der Waals surface area contributed by atoms with E-state index in [-0.39, 0.29) is 0 Å². The highest BCUT2D eigenvalue weighted by Crippen LogP contribution is 2.21. The molecule has 0 fully saturated rings. The molecule has 0 saturated heterocycles. The molecule has 1 heterocycles. The summed E-state index contributed by atoms with van der Waals surface area (Å²) in [6.07, 6.45) is 0. The Bertz CT molecular complexity index is 536. The van der Waals surface area contributed by atoms with Gasteiger partial charge < -0.3 is 10.2 Å². The Morgan fingerprint density at radius 2 is 2.05 bits per heavy atom. The van der Waals surface area contributed by atoms with Crippen LogP contribution in [0, 0.1) is 13.8 Å². The van der Waals surface area contributed by atoms with Crippen molar-refractivity contribution < 1.29 is 0 Å². The normalized spacial score (nSPS) is 12.7. The van der Waals surface area contributed by atoms with Crippen LogP contribution in [0.3, 0.4) is 0 Å². The van der Waals surface area contributed by atoms with Gasteiger partial charge in [-0.2, -0.15) is 0 Å². The molecule has 2 rings (SSSR count). The maximum Gasteiger partial charge on any atom is 0.205 e. The van der Waals surface area contributed by atoms with Crippen molar-refractivity contribution >= 4 is 16.5 Å². The summed E-state index contributed by atoms with van der Waals surface area (Å²) in [5.41, 5.74) is 2.61. The first-order chi connectivity index (χ1) is 9.06. The van der Waals surface area contributed by atoms with Gasteiger partial charge in [0.05, 0.1) is 6.04 Å². The molecule has 0 bridgehead atoms. The Labute approximate surface area is 118 Å². The van der Waals surface area contributed by atoms with Crippen molar-refractivity contribution in [3.8, 4) is 0 Å². The molecule has 0 spiro atoms. The summed E-state index contributed by atoms with van der Waals surface area (Å²) in [6, 6.07) is 8.96. The number of hydrogen-bond donors (Lipinski definition) is 1. The highest BCUT2D eigenvalue weighted by molar-refractivity contribution is 7.15. The van der Waals surface area contributed by atoms with E-state index in [4.69, 9.17) is 0 Å². The second-order valence-corrected chi connectivity index (χ2v) is 6.08. The number of nitrogens with zero attached hydrogens (tertiary/aromatic N) is 3. The van der Waals surface area contributed by atoms with Gasteiger partial charge >= 0.3 is 0 Å². The van der Waals surface area contributed by atoms with Gasteiger partial charge in [-0.05, 0) is 33.5 Å². The first-order valence-corrected chi connectivity index (χ1v) is 7.15. The molecule has 0 saturated carbocycles. The van der Waals surface area contributed by atoms with E-state index in [1.165, 1.54) is 11.1 Å². The predicted molar refractivity (Wildman–Crippen MR) is 80.7 cm³/mol. The number of likely N-dealkylation sites (N-methyl/N-ethyl adjacent to an activating group) is 1. The molecule has 0 amide bonds. The summed E-state index contributed by atoms with van der Waals surface area (Å²) >= 11 is 1.59. The molecule has 0 aliphatic heterocycles. The number of rotatable bonds is 5. The number of benzene rings is 1. The summed E-state index contributed by atoms with van der Waals surface area (Å²) in [6.45, 7) is 4.91. The van der Waals surface area contributed by atoms with E-state index in [9.17, 15) is 0 Å². The molecule has 1 unspecified atom stereocenters. The zero-order chi connectivity index (χ0) is 13.8. The zero-order valence-corrected chi connectivity index (χ0v) is 12.7. The lowest BCUT2D eigenvalue weighted by Crippen LogP contribution is -2.26. The third-order valence-corrected chi connectivity index (χ3v) is 3.82. The molecular weight excluding hydrogens is 256 g/mol. The fraction of sp³-hybridized carbons (Fsp3) is 0.429. The number of aryl methyl sites for hydroxylation is 2. The van der Waals surface area contributed by atoms with Gasteiger partial charge in [0, 0.05) is 6.54 Å². The van der Waals surface area contributed by atoms with Gasteiger partial charge in [-0.1, -0.05) is 41.2 Å². The molecule has 102 valence electrons. The number of nitrogens with one attached hydrogen (secondary N) is 1. The van der Waals surface area contributed by atoms with Crippen LogP contribution in [0.4, 0.5) is 5.13 Å². The average Bonchev–Trinajstić information content (AvgIpc) is 2.75. The van der Waals surface area contributed by atoms with Gasteiger partial charge in [0.15, 0.2) is 0 Å². The summed E-state index contributed by atoms with van der Waals surface area (Å²) < 4.78 is 0. The van der Waals surface area contributed by atoms with Crippen LogP contribution in [0.15, 0.2) is 24.3 Å². The first-order valence-electron chi connectivity index (χ1n) is 6.33. The van der Waals surface area contributed by atoms with Crippen LogP contribution >= 0.6 is 11.3 Å². The lowest BCUT2D eigenvalue weighted by atomic mass is 10.0. The molecule has 0 aliphatic rings. The molecule has 0 radical (unpaired) electrons. The van der Waals surface area contributed by atoms with Gasteiger partial charge in [0.1, 0.15) is 5.01 Å². The van der Waals surface area contributed by atoms with Gasteiger partial charge in [0.25, 0.3) is 0 Å². The molecule has 1 aromatic carbocycles. The Hall–Kier alpha value is -1.46. The number of anilines is 1. The fourth-order valence-corrected chi connectivity index (χ4v) is 2.63. The average molecular weight is 276 g/mol. The molecule has 1 atom stereocenters. The van der Waals surface area contributed by atoms with E-state index < -0.39 is 0 Å². The Morgan fingerprint density at radius 3 is 2.63 bits per heavy atom. The highest BCUT2D eigenvalue weighted by Gasteiger charge is 2.14. The van der Waals surface area contributed by atoms with Crippen LogP contribution in [0.2, 0.25) is 0 Å². The van der Waals surface area contributed by atoms with Gasteiger partial charge in [-0.15, -0.1) is 10.2 Å². The SMILES string of the molecule is Cc1cccc(C(CNc2nnc(C)s2)N(C)C)c1. The first kappa shape index (κ1) is 14.0. The van der Waals surface area contributed by atoms with Crippen LogP contribution in [0.25, 0.3) is 0 Å². The second-order valence-electron chi connectivity index (χ2n) is 4.90. The molecule has 2 aromatic rings. The van der Waals surface area contributed by atoms with Crippen molar-refractivity contribution in [2.45, 2.75) is 19.9 Å². The van der Waals surface area contributed by atoms with E-state index in [1.807, 2.05) is 6.92 Å². The van der Waals surface area contributed by atoms with Crippen LogP contribution in [-0.2, 0) is 0 Å². The largest absolute Gasteiger partial charge is 0.358 e. The number of hydrogen-bond acceptors (Lipinski definition) is 5. The predicted octanol–water partition coefficient (Wildman–Crippen LogP) is 2.87. The maximum absolute atomic E-state index is 4.10. The third-order valence-electron chi connectivity index (χ3n) is 3.02. The topological polar surface area (TPSA) is 41.1 Å². The Balaban J connectivity index is 2.08. The summed E-state index contributed by atoms with van der Waals surface area (Å²) in [4.78, 5) is 2.22. The summed E-state index contributed by atoms with van der Waals surface area (Å²) in [5.74, 6) is 0. The van der Waals surface area contributed by atoms with Gasteiger partial charge in [0.2, 0.25) is 5.13 Å². The lowest BCUT2D eigenvalue weighted by molar-refractivity contribution is 0.311. The van der Waals surface area contributed by atoms with E-state index in [0.29, 0.717) is 6.04 Å². The zero-order valence-electron chi connectivity index (χ0n) is 11.8. The van der Waals surface area contributed by atoms with Crippen LogP contribution in [0.5, 0.6) is 0 Å². The van der Waals surface area contributed by atoms with Gasteiger partial charge in [-0.25, -0.2) is 0 Å². The van der Waals surface area contributed by atoms with E-state index >= 15 is 0 Å². The maximum atomic E-state index is 4.10. The minimum absolute atomic E-state index is 0.323. The molecule has 5 heteroatoms. The van der Waals surface area contributed by atoms with Crippen molar-refractivity contribution in [2.75, 3.05) is 26.0 Å². The Morgan fingerprint density at radius 1 is 1.26 bits per heavy atom. The van der Waals surface area contributed by atoms with E-state index in [2.05, 4.69) is 65.7 Å². The van der Waals surface area contributed by atoms with Crippen molar-refractivity contribution in [1.29, 1.82) is 0 Å². The fourth-order valence-electron chi connectivity index (χ4n) is 2.03. The molecule has 1 N–H and O–H groups in total. The minimum atomic E-state index is 0.323. The second kappa shape index (κ2) is 6.12. The van der Waals surface area contributed by atoms with Crippen molar-refractivity contribution in [2.24, 2.45) is 0 Å². The van der Waals surface area contributed by atoms with Crippen LogP contribution < -0.4 is 5.32 Å². The van der Waals surface area contributed by atoms with Crippen LogP contribution in [0.1, 0.15) is 22.2 Å². The number of aromatic nitrogens is 2. The van der Waals surface area contributed by atoms with E-state index in [1.54, 1.807) is 11.3 Å². The van der Waals surface area contributed by atoms with Crippen molar-refractivity contribution in [3.05, 3.63) is 40.4 Å². The standard InChI is InChI=1S/C14H20N4S/c1-10-6-5-7-12(8-10)13(18(3)4)9-15-14-17-16-11(2)19-14/h5-8,13H,9H2,1-4H3,(H,15,17). The monoisotopic (exact) mass is 276 g/mol. The molecular formula is C14H20N4S. The molecule has 1 aromatic heterocycles. The quantitative estimate of drug-likeness (QED) is 0.911. The van der Waals surface area contributed by atoms with Crippen molar-refractivity contribution in [1.82, 2.24) is 15.1 Å².